The number of benzene rings is 3. The SMILES string of the molecule is Fc1ccc(C#Cc2ccc(C3N=COCC3c3c(F)cccc3F)cc2)cc1. The van der Waals surface area contributed by atoms with Gasteiger partial charge in [0, 0.05) is 16.7 Å². The Balaban J connectivity index is 1.60. The fourth-order valence-corrected chi connectivity index (χ4v) is 3.32. The second kappa shape index (κ2) is 8.24. The lowest BCUT2D eigenvalue weighted by molar-refractivity contribution is 0.239. The van der Waals surface area contributed by atoms with E-state index in [4.69, 9.17) is 4.74 Å². The van der Waals surface area contributed by atoms with Gasteiger partial charge in [0.1, 0.15) is 17.5 Å². The second-order valence-corrected chi connectivity index (χ2v) is 6.65. The molecule has 1 heterocycles. The van der Waals surface area contributed by atoms with Crippen LogP contribution in [0.4, 0.5) is 13.2 Å². The predicted molar refractivity (Wildman–Crippen MR) is 105 cm³/mol. The third-order valence-electron chi connectivity index (χ3n) is 4.77. The summed E-state index contributed by atoms with van der Waals surface area (Å²) in [6.07, 6.45) is 1.32. The summed E-state index contributed by atoms with van der Waals surface area (Å²) in [6.45, 7) is 0.137. The molecule has 0 N–H and O–H groups in total. The van der Waals surface area contributed by atoms with Crippen LogP contribution in [0.5, 0.6) is 0 Å². The van der Waals surface area contributed by atoms with Gasteiger partial charge in [-0.2, -0.15) is 0 Å². The highest BCUT2D eigenvalue weighted by molar-refractivity contribution is 5.51. The minimum atomic E-state index is -0.609. The molecule has 2 unspecified atom stereocenters. The second-order valence-electron chi connectivity index (χ2n) is 6.65. The molecule has 5 heteroatoms. The molecular formula is C24H16F3NO. The molecule has 4 rings (SSSR count). The lowest BCUT2D eigenvalue weighted by Gasteiger charge is -2.28. The number of aliphatic imine (C=N–C) groups is 1. The van der Waals surface area contributed by atoms with Gasteiger partial charge in [-0.05, 0) is 54.1 Å². The minimum Gasteiger partial charge on any atom is -0.483 e. The minimum absolute atomic E-state index is 0.0190. The molecule has 0 aliphatic carbocycles. The Hall–Kier alpha value is -3.52. The maximum Gasteiger partial charge on any atom is 0.170 e. The van der Waals surface area contributed by atoms with Crippen molar-refractivity contribution in [2.75, 3.05) is 6.61 Å². The lowest BCUT2D eigenvalue weighted by atomic mass is 9.86. The van der Waals surface area contributed by atoms with Crippen LogP contribution >= 0.6 is 0 Å². The van der Waals surface area contributed by atoms with E-state index in [1.54, 1.807) is 12.1 Å². The van der Waals surface area contributed by atoms with E-state index in [-0.39, 0.29) is 18.0 Å². The van der Waals surface area contributed by atoms with E-state index in [0.717, 1.165) is 11.1 Å². The average Bonchev–Trinajstić information content (AvgIpc) is 2.74. The summed E-state index contributed by atoms with van der Waals surface area (Å²) >= 11 is 0. The quantitative estimate of drug-likeness (QED) is 0.537. The third kappa shape index (κ3) is 4.17. The molecule has 2 atom stereocenters. The molecule has 29 heavy (non-hydrogen) atoms. The van der Waals surface area contributed by atoms with Crippen molar-refractivity contribution in [1.29, 1.82) is 0 Å². The molecule has 0 fully saturated rings. The summed E-state index contributed by atoms with van der Waals surface area (Å²) in [7, 11) is 0. The van der Waals surface area contributed by atoms with Crippen molar-refractivity contribution < 1.29 is 17.9 Å². The largest absolute Gasteiger partial charge is 0.483 e. The van der Waals surface area contributed by atoms with E-state index >= 15 is 0 Å². The molecule has 3 aromatic rings. The van der Waals surface area contributed by atoms with Gasteiger partial charge in [-0.3, -0.25) is 0 Å². The first kappa shape index (κ1) is 18.8. The third-order valence-corrected chi connectivity index (χ3v) is 4.77. The summed E-state index contributed by atoms with van der Waals surface area (Å²) in [5.41, 5.74) is 2.27. The summed E-state index contributed by atoms with van der Waals surface area (Å²) in [5.74, 6) is 3.89. The number of hydrogen-bond acceptors (Lipinski definition) is 2. The van der Waals surface area contributed by atoms with E-state index in [9.17, 15) is 13.2 Å². The highest BCUT2D eigenvalue weighted by atomic mass is 19.1. The van der Waals surface area contributed by atoms with E-state index in [2.05, 4.69) is 16.8 Å². The van der Waals surface area contributed by atoms with Crippen LogP contribution in [0, 0.1) is 29.3 Å². The Labute approximate surface area is 166 Å². The maximum atomic E-state index is 14.3. The molecule has 0 amide bonds. The van der Waals surface area contributed by atoms with Crippen LogP contribution in [0.25, 0.3) is 0 Å². The zero-order chi connectivity index (χ0) is 20.2. The zero-order valence-electron chi connectivity index (χ0n) is 15.3. The van der Waals surface area contributed by atoms with Crippen LogP contribution in [0.15, 0.2) is 71.7 Å². The Morgan fingerprint density at radius 3 is 2.00 bits per heavy atom. The monoisotopic (exact) mass is 391 g/mol. The van der Waals surface area contributed by atoms with Gasteiger partial charge in [0.15, 0.2) is 6.40 Å². The van der Waals surface area contributed by atoms with Crippen molar-refractivity contribution in [3.05, 3.63) is 106 Å². The Morgan fingerprint density at radius 1 is 0.793 bits per heavy atom. The Morgan fingerprint density at radius 2 is 1.38 bits per heavy atom. The Kier molecular flexibility index (Phi) is 5.35. The van der Waals surface area contributed by atoms with Crippen LogP contribution in [0.2, 0.25) is 0 Å². The first-order valence-corrected chi connectivity index (χ1v) is 9.06. The smallest absolute Gasteiger partial charge is 0.170 e. The normalized spacial score (nSPS) is 17.9. The molecule has 0 aromatic heterocycles. The molecule has 0 radical (unpaired) electrons. The van der Waals surface area contributed by atoms with Gasteiger partial charge in [0.25, 0.3) is 0 Å². The number of hydrogen-bond donors (Lipinski definition) is 0. The number of halogens is 3. The average molecular weight is 391 g/mol. The molecule has 1 aliphatic heterocycles. The number of ether oxygens (including phenoxy) is 1. The zero-order valence-corrected chi connectivity index (χ0v) is 15.3. The van der Waals surface area contributed by atoms with Crippen molar-refractivity contribution in [2.24, 2.45) is 4.99 Å². The molecule has 1 aliphatic rings. The molecule has 3 aromatic carbocycles. The van der Waals surface area contributed by atoms with E-state index in [1.165, 1.54) is 36.7 Å². The first-order chi connectivity index (χ1) is 14.1. The first-order valence-electron chi connectivity index (χ1n) is 9.06. The van der Waals surface area contributed by atoms with E-state index < -0.39 is 23.6 Å². The lowest BCUT2D eigenvalue weighted by Crippen LogP contribution is -2.22. The van der Waals surface area contributed by atoms with Crippen LogP contribution in [0.3, 0.4) is 0 Å². The van der Waals surface area contributed by atoms with Crippen molar-refractivity contribution in [3.8, 4) is 11.8 Å². The van der Waals surface area contributed by atoms with Gasteiger partial charge in [0.2, 0.25) is 0 Å². The van der Waals surface area contributed by atoms with Crippen LogP contribution in [-0.2, 0) is 4.74 Å². The van der Waals surface area contributed by atoms with Gasteiger partial charge in [-0.1, -0.05) is 30.0 Å². The van der Waals surface area contributed by atoms with Gasteiger partial charge in [0.05, 0.1) is 18.6 Å². The molecule has 144 valence electrons. The summed E-state index contributed by atoms with van der Waals surface area (Å²) in [4.78, 5) is 4.32. The van der Waals surface area contributed by atoms with Crippen molar-refractivity contribution in [3.63, 3.8) is 0 Å². The maximum absolute atomic E-state index is 14.3. The molecule has 0 saturated carbocycles. The van der Waals surface area contributed by atoms with Crippen LogP contribution in [0.1, 0.15) is 34.2 Å². The number of nitrogens with zero attached hydrogens (tertiary/aromatic N) is 1. The summed E-state index contributed by atoms with van der Waals surface area (Å²) in [5, 5.41) is 0. The topological polar surface area (TPSA) is 21.6 Å². The Bertz CT molecular complexity index is 1080. The predicted octanol–water partition coefficient (Wildman–Crippen LogP) is 5.39. The van der Waals surface area contributed by atoms with Gasteiger partial charge in [-0.25, -0.2) is 18.2 Å². The van der Waals surface area contributed by atoms with E-state index in [0.29, 0.717) is 5.56 Å². The van der Waals surface area contributed by atoms with Gasteiger partial charge in [-0.15, -0.1) is 0 Å². The summed E-state index contributed by atoms with van der Waals surface area (Å²) < 4.78 is 46.8. The molecule has 0 bridgehead atoms. The van der Waals surface area contributed by atoms with Gasteiger partial charge < -0.3 is 4.74 Å². The van der Waals surface area contributed by atoms with Gasteiger partial charge >= 0.3 is 0 Å². The van der Waals surface area contributed by atoms with E-state index in [1.807, 2.05) is 24.3 Å². The standard InChI is InChI=1S/C24H16F3NO/c25-19-12-8-17(9-13-19)5-4-16-6-10-18(11-7-16)24-20(14-29-15-28-24)23-21(26)2-1-3-22(23)27/h1-3,6-13,15,20,24H,14H2. The molecular weight excluding hydrogens is 375 g/mol. The van der Waals surface area contributed by atoms with Crippen LogP contribution in [-0.4, -0.2) is 13.0 Å². The highest BCUT2D eigenvalue weighted by Gasteiger charge is 2.31. The fraction of sp³-hybridized carbons (Fsp3) is 0.125. The fourth-order valence-electron chi connectivity index (χ4n) is 3.32. The van der Waals surface area contributed by atoms with Crippen molar-refractivity contribution in [1.82, 2.24) is 0 Å². The van der Waals surface area contributed by atoms with Crippen molar-refractivity contribution >= 4 is 6.40 Å². The molecule has 2 nitrogen and oxygen atoms in total. The highest BCUT2D eigenvalue weighted by Crippen LogP contribution is 2.38. The molecule has 0 spiro atoms. The molecule has 0 saturated heterocycles. The summed E-state index contributed by atoms with van der Waals surface area (Å²) in [6, 6.07) is 16.6. The van der Waals surface area contributed by atoms with Crippen molar-refractivity contribution in [2.45, 2.75) is 12.0 Å². The van der Waals surface area contributed by atoms with Crippen LogP contribution < -0.4 is 0 Å². The number of rotatable bonds is 2.